The second kappa shape index (κ2) is 5.72. The average molecular weight is 314 g/mol. The minimum atomic E-state index is -4.97. The van der Waals surface area contributed by atoms with Crippen molar-refractivity contribution in [2.24, 2.45) is 11.0 Å². The first kappa shape index (κ1) is 16.5. The molecule has 0 spiro atoms. The van der Waals surface area contributed by atoms with Crippen molar-refractivity contribution >= 4 is 11.6 Å². The molecule has 1 aromatic carbocycles. The van der Waals surface area contributed by atoms with E-state index in [1.807, 2.05) is 0 Å². The van der Waals surface area contributed by atoms with Gasteiger partial charge >= 0.3 is 6.18 Å². The quantitative estimate of drug-likeness (QED) is 0.932. The number of carbonyl (C=O) groups is 1. The SMILES string of the molecule is CC(C)C1=NN(C(=O)Cc2ccccc2)C(O)(C(F)(F)F)C1. The van der Waals surface area contributed by atoms with Gasteiger partial charge in [-0.05, 0) is 11.5 Å². The van der Waals surface area contributed by atoms with Gasteiger partial charge in [-0.1, -0.05) is 44.2 Å². The number of carbonyl (C=O) groups excluding carboxylic acids is 1. The van der Waals surface area contributed by atoms with Crippen LogP contribution in [0.15, 0.2) is 35.4 Å². The molecule has 22 heavy (non-hydrogen) atoms. The van der Waals surface area contributed by atoms with Crippen LogP contribution in [0.3, 0.4) is 0 Å². The molecule has 2 rings (SSSR count). The summed E-state index contributed by atoms with van der Waals surface area (Å²) in [6, 6.07) is 8.38. The van der Waals surface area contributed by atoms with Gasteiger partial charge in [-0.2, -0.15) is 23.3 Å². The Morgan fingerprint density at radius 2 is 1.95 bits per heavy atom. The molecule has 0 radical (unpaired) electrons. The number of halogens is 3. The second-order valence-corrected chi connectivity index (χ2v) is 5.61. The third-order valence-corrected chi connectivity index (χ3v) is 3.56. The minimum absolute atomic E-state index is 0.154. The van der Waals surface area contributed by atoms with Gasteiger partial charge in [-0.15, -0.1) is 0 Å². The van der Waals surface area contributed by atoms with Crippen molar-refractivity contribution in [1.29, 1.82) is 0 Å². The summed E-state index contributed by atoms with van der Waals surface area (Å²) < 4.78 is 39.6. The summed E-state index contributed by atoms with van der Waals surface area (Å²) in [5.41, 5.74) is -2.55. The highest BCUT2D eigenvalue weighted by Gasteiger charge is 2.63. The van der Waals surface area contributed by atoms with Gasteiger partial charge in [0, 0.05) is 12.1 Å². The zero-order valence-corrected chi connectivity index (χ0v) is 12.3. The molecule has 4 nitrogen and oxygen atoms in total. The normalized spacial score (nSPS) is 22.1. The first-order valence-electron chi connectivity index (χ1n) is 6.88. The third kappa shape index (κ3) is 2.99. The van der Waals surface area contributed by atoms with Crippen LogP contribution < -0.4 is 0 Å². The molecule has 7 heteroatoms. The highest BCUT2D eigenvalue weighted by Crippen LogP contribution is 2.41. The Balaban J connectivity index is 2.30. The number of nitrogens with zero attached hydrogens (tertiary/aromatic N) is 2. The van der Waals surface area contributed by atoms with Crippen LogP contribution >= 0.6 is 0 Å². The van der Waals surface area contributed by atoms with Crippen LogP contribution in [0, 0.1) is 5.92 Å². The highest BCUT2D eigenvalue weighted by atomic mass is 19.4. The molecule has 1 atom stereocenters. The lowest BCUT2D eigenvalue weighted by molar-refractivity contribution is -0.302. The van der Waals surface area contributed by atoms with Crippen molar-refractivity contribution in [2.75, 3.05) is 0 Å². The Morgan fingerprint density at radius 3 is 2.45 bits per heavy atom. The summed E-state index contributed by atoms with van der Waals surface area (Å²) in [6.07, 6.45) is -5.94. The summed E-state index contributed by atoms with van der Waals surface area (Å²) in [5, 5.41) is 13.9. The molecule has 0 bridgehead atoms. The first-order valence-corrected chi connectivity index (χ1v) is 6.88. The number of alkyl halides is 3. The Bertz CT molecular complexity index is 584. The van der Waals surface area contributed by atoms with E-state index in [1.165, 1.54) is 0 Å². The van der Waals surface area contributed by atoms with E-state index in [1.54, 1.807) is 44.2 Å². The molecule has 0 saturated heterocycles. The lowest BCUT2D eigenvalue weighted by atomic mass is 9.99. The maximum Gasteiger partial charge on any atom is 0.438 e. The number of hydrazone groups is 1. The minimum Gasteiger partial charge on any atom is -0.362 e. The summed E-state index contributed by atoms with van der Waals surface area (Å²) in [6.45, 7) is 3.33. The molecule has 1 aromatic rings. The zero-order valence-electron chi connectivity index (χ0n) is 12.3. The summed E-state index contributed by atoms with van der Waals surface area (Å²) in [5.74, 6) is -1.18. The standard InChI is InChI=1S/C15H17F3N2O2/c1-10(2)12-9-14(22,15(16,17)18)20(19-12)13(21)8-11-6-4-3-5-7-11/h3-7,10,22H,8-9H2,1-2H3. The lowest BCUT2D eigenvalue weighted by Gasteiger charge is -2.32. The average Bonchev–Trinajstić information content (AvgIpc) is 2.79. The van der Waals surface area contributed by atoms with E-state index in [0.717, 1.165) is 0 Å². The van der Waals surface area contributed by atoms with Gasteiger partial charge in [0.15, 0.2) is 0 Å². The molecular formula is C15H17F3N2O2. The van der Waals surface area contributed by atoms with Gasteiger partial charge in [0.1, 0.15) is 0 Å². The van der Waals surface area contributed by atoms with Crippen molar-refractivity contribution < 1.29 is 23.1 Å². The molecule has 1 aliphatic rings. The molecule has 0 aromatic heterocycles. The number of amides is 1. The molecule has 0 fully saturated rings. The van der Waals surface area contributed by atoms with Crippen LogP contribution in [0.4, 0.5) is 13.2 Å². The highest BCUT2D eigenvalue weighted by molar-refractivity contribution is 5.92. The number of benzene rings is 1. The predicted molar refractivity (Wildman–Crippen MR) is 74.9 cm³/mol. The molecule has 0 aliphatic carbocycles. The van der Waals surface area contributed by atoms with Crippen molar-refractivity contribution in [1.82, 2.24) is 5.01 Å². The van der Waals surface area contributed by atoms with Gasteiger partial charge < -0.3 is 5.11 Å². The summed E-state index contributed by atoms with van der Waals surface area (Å²) in [4.78, 5) is 12.2. The first-order chi connectivity index (χ1) is 10.1. The maximum absolute atomic E-state index is 13.2. The van der Waals surface area contributed by atoms with Crippen LogP contribution in [0.1, 0.15) is 25.8 Å². The Morgan fingerprint density at radius 1 is 1.36 bits per heavy atom. The van der Waals surface area contributed by atoms with Gasteiger partial charge in [0.05, 0.1) is 6.42 Å². The van der Waals surface area contributed by atoms with Crippen LogP contribution in [-0.4, -0.2) is 33.6 Å². The van der Waals surface area contributed by atoms with Gasteiger partial charge in [0.2, 0.25) is 5.91 Å². The summed E-state index contributed by atoms with van der Waals surface area (Å²) in [7, 11) is 0. The van der Waals surface area contributed by atoms with E-state index >= 15 is 0 Å². The smallest absolute Gasteiger partial charge is 0.362 e. The molecule has 1 N–H and O–H groups in total. The monoisotopic (exact) mass is 314 g/mol. The number of hydrogen-bond acceptors (Lipinski definition) is 3. The molecule has 0 saturated carbocycles. The van der Waals surface area contributed by atoms with Crippen LogP contribution in [0.25, 0.3) is 0 Å². The Labute approximate surface area is 126 Å². The number of rotatable bonds is 3. The van der Waals surface area contributed by atoms with Gasteiger partial charge in [-0.3, -0.25) is 4.79 Å². The van der Waals surface area contributed by atoms with E-state index in [0.29, 0.717) is 5.56 Å². The number of aliphatic hydroxyl groups is 1. The lowest BCUT2D eigenvalue weighted by Crippen LogP contribution is -2.57. The van der Waals surface area contributed by atoms with Gasteiger partial charge in [-0.25, -0.2) is 0 Å². The Hall–Kier alpha value is -1.89. The molecule has 1 aliphatic heterocycles. The molecule has 1 amide bonds. The zero-order chi connectivity index (χ0) is 16.5. The van der Waals surface area contributed by atoms with Gasteiger partial charge in [0.25, 0.3) is 5.72 Å². The number of hydrogen-bond donors (Lipinski definition) is 1. The second-order valence-electron chi connectivity index (χ2n) is 5.61. The fraction of sp³-hybridized carbons (Fsp3) is 0.467. The van der Waals surface area contributed by atoms with E-state index in [2.05, 4.69) is 5.10 Å². The van der Waals surface area contributed by atoms with Crippen molar-refractivity contribution in [3.8, 4) is 0 Å². The van der Waals surface area contributed by atoms with Crippen LogP contribution in [-0.2, 0) is 11.2 Å². The fourth-order valence-electron chi connectivity index (χ4n) is 2.22. The summed E-state index contributed by atoms with van der Waals surface area (Å²) >= 11 is 0. The van der Waals surface area contributed by atoms with E-state index in [4.69, 9.17) is 0 Å². The van der Waals surface area contributed by atoms with Crippen molar-refractivity contribution in [2.45, 2.75) is 38.6 Å². The van der Waals surface area contributed by atoms with E-state index in [-0.39, 0.29) is 23.1 Å². The maximum atomic E-state index is 13.2. The topological polar surface area (TPSA) is 52.9 Å². The molecule has 1 heterocycles. The molecule has 1 unspecified atom stereocenters. The molecular weight excluding hydrogens is 297 g/mol. The third-order valence-electron chi connectivity index (χ3n) is 3.56. The Kier molecular flexibility index (Phi) is 4.28. The van der Waals surface area contributed by atoms with Crippen LogP contribution in [0.5, 0.6) is 0 Å². The van der Waals surface area contributed by atoms with E-state index < -0.39 is 24.2 Å². The largest absolute Gasteiger partial charge is 0.438 e. The van der Waals surface area contributed by atoms with E-state index in [9.17, 15) is 23.1 Å². The van der Waals surface area contributed by atoms with Crippen molar-refractivity contribution in [3.63, 3.8) is 0 Å². The molecule has 120 valence electrons. The predicted octanol–water partition coefficient (Wildman–Crippen LogP) is 2.72. The van der Waals surface area contributed by atoms with Crippen LogP contribution in [0.2, 0.25) is 0 Å². The fourth-order valence-corrected chi connectivity index (χ4v) is 2.22. The van der Waals surface area contributed by atoms with Crippen molar-refractivity contribution in [3.05, 3.63) is 35.9 Å².